The number of anilines is 2. The van der Waals surface area contributed by atoms with Gasteiger partial charge in [0.15, 0.2) is 0 Å². The van der Waals surface area contributed by atoms with Gasteiger partial charge in [-0.25, -0.2) is 0 Å². The standard InChI is InChI=1S/C23H25N3O4/c1-15(2)12-14-25-21(29)18-5-3-4-6-19(18)26-20(28)11-13-23(25,26)22(30)24-16-7-9-17(27)10-8-16/h3-10,15,27H,11-14H2,1-2H3,(H,24,30). The molecule has 2 aliphatic rings. The molecule has 1 fully saturated rings. The molecule has 3 amide bonds. The molecule has 0 aliphatic carbocycles. The summed E-state index contributed by atoms with van der Waals surface area (Å²) < 4.78 is 0. The van der Waals surface area contributed by atoms with Crippen molar-refractivity contribution >= 4 is 29.1 Å². The first kappa shape index (κ1) is 19.9. The number of aromatic hydroxyl groups is 1. The highest BCUT2D eigenvalue weighted by molar-refractivity contribution is 6.18. The summed E-state index contributed by atoms with van der Waals surface area (Å²) in [6, 6.07) is 13.1. The van der Waals surface area contributed by atoms with Gasteiger partial charge in [-0.15, -0.1) is 0 Å². The Labute approximate surface area is 175 Å². The van der Waals surface area contributed by atoms with E-state index in [2.05, 4.69) is 19.2 Å². The largest absolute Gasteiger partial charge is 0.508 e. The second kappa shape index (κ2) is 7.48. The Balaban J connectivity index is 1.81. The molecule has 0 spiro atoms. The lowest BCUT2D eigenvalue weighted by molar-refractivity contribution is -0.129. The summed E-state index contributed by atoms with van der Waals surface area (Å²) in [4.78, 5) is 43.1. The molecular formula is C23H25N3O4. The third kappa shape index (κ3) is 3.10. The minimum absolute atomic E-state index is 0.0872. The lowest BCUT2D eigenvalue weighted by Crippen LogP contribution is -2.69. The van der Waals surface area contributed by atoms with Crippen LogP contribution in [0.4, 0.5) is 11.4 Å². The molecule has 30 heavy (non-hydrogen) atoms. The van der Waals surface area contributed by atoms with E-state index in [9.17, 15) is 19.5 Å². The van der Waals surface area contributed by atoms with Gasteiger partial charge in [0.1, 0.15) is 5.75 Å². The summed E-state index contributed by atoms with van der Waals surface area (Å²) in [5, 5.41) is 12.4. The van der Waals surface area contributed by atoms with Crippen LogP contribution in [-0.4, -0.2) is 39.9 Å². The van der Waals surface area contributed by atoms with E-state index >= 15 is 0 Å². The number of phenolic OH excluding ortho intramolecular Hbond substituents is 1. The SMILES string of the molecule is CC(C)CCN1C(=O)c2ccccc2N2C(=O)CCC12C(=O)Nc1ccc(O)cc1. The fraction of sp³-hybridized carbons (Fsp3) is 0.348. The Hall–Kier alpha value is -3.35. The zero-order chi connectivity index (χ0) is 21.5. The van der Waals surface area contributed by atoms with Crippen molar-refractivity contribution in [1.29, 1.82) is 0 Å². The van der Waals surface area contributed by atoms with Gasteiger partial charge in [0.05, 0.1) is 11.3 Å². The molecule has 0 aromatic heterocycles. The number of para-hydroxylation sites is 1. The van der Waals surface area contributed by atoms with Crippen LogP contribution in [0.15, 0.2) is 48.5 Å². The first-order chi connectivity index (χ1) is 14.3. The van der Waals surface area contributed by atoms with Gasteiger partial charge in [-0.2, -0.15) is 0 Å². The molecule has 0 bridgehead atoms. The molecule has 1 saturated heterocycles. The van der Waals surface area contributed by atoms with Crippen LogP contribution in [0.25, 0.3) is 0 Å². The maximum atomic E-state index is 13.7. The van der Waals surface area contributed by atoms with Crippen molar-refractivity contribution in [2.75, 3.05) is 16.8 Å². The predicted octanol–water partition coefficient (Wildman–Crippen LogP) is 3.36. The van der Waals surface area contributed by atoms with Crippen molar-refractivity contribution in [3.63, 3.8) is 0 Å². The Morgan fingerprint density at radius 3 is 2.53 bits per heavy atom. The molecule has 1 atom stereocenters. The fourth-order valence-corrected chi connectivity index (χ4v) is 4.25. The highest BCUT2D eigenvalue weighted by Crippen LogP contribution is 2.45. The van der Waals surface area contributed by atoms with Gasteiger partial charge in [-0.05, 0) is 48.7 Å². The van der Waals surface area contributed by atoms with Gasteiger partial charge >= 0.3 is 0 Å². The third-order valence-electron chi connectivity index (χ3n) is 5.79. The highest BCUT2D eigenvalue weighted by atomic mass is 16.3. The number of nitrogens with zero attached hydrogens (tertiary/aromatic N) is 2. The number of hydrogen-bond acceptors (Lipinski definition) is 4. The second-order valence-corrected chi connectivity index (χ2v) is 8.20. The maximum absolute atomic E-state index is 13.7. The molecule has 7 heteroatoms. The molecule has 2 heterocycles. The van der Waals surface area contributed by atoms with Crippen LogP contribution in [0.5, 0.6) is 5.75 Å². The van der Waals surface area contributed by atoms with Crippen molar-refractivity contribution in [2.45, 2.75) is 38.8 Å². The van der Waals surface area contributed by atoms with Crippen LogP contribution in [0.2, 0.25) is 0 Å². The van der Waals surface area contributed by atoms with Crippen molar-refractivity contribution < 1.29 is 19.5 Å². The fourth-order valence-electron chi connectivity index (χ4n) is 4.25. The van der Waals surface area contributed by atoms with Gasteiger partial charge in [0, 0.05) is 25.1 Å². The highest BCUT2D eigenvalue weighted by Gasteiger charge is 2.60. The van der Waals surface area contributed by atoms with Gasteiger partial charge in [-0.3, -0.25) is 19.3 Å². The predicted molar refractivity (Wildman–Crippen MR) is 113 cm³/mol. The van der Waals surface area contributed by atoms with E-state index in [0.717, 1.165) is 0 Å². The maximum Gasteiger partial charge on any atom is 0.271 e. The zero-order valence-electron chi connectivity index (χ0n) is 17.1. The molecule has 4 rings (SSSR count). The smallest absolute Gasteiger partial charge is 0.271 e. The van der Waals surface area contributed by atoms with Crippen LogP contribution >= 0.6 is 0 Å². The molecule has 156 valence electrons. The van der Waals surface area contributed by atoms with Gasteiger partial charge in [0.2, 0.25) is 11.6 Å². The topological polar surface area (TPSA) is 90.0 Å². The molecule has 1 unspecified atom stereocenters. The van der Waals surface area contributed by atoms with Crippen LogP contribution in [0.3, 0.4) is 0 Å². The number of fused-ring (bicyclic) bond motifs is 3. The molecule has 0 radical (unpaired) electrons. The van der Waals surface area contributed by atoms with E-state index in [4.69, 9.17) is 0 Å². The van der Waals surface area contributed by atoms with E-state index in [1.807, 2.05) is 0 Å². The number of benzene rings is 2. The van der Waals surface area contributed by atoms with Crippen LogP contribution in [-0.2, 0) is 9.59 Å². The van der Waals surface area contributed by atoms with Gasteiger partial charge in [-0.1, -0.05) is 26.0 Å². The first-order valence-electron chi connectivity index (χ1n) is 10.2. The van der Waals surface area contributed by atoms with Crippen LogP contribution in [0.1, 0.15) is 43.5 Å². The Morgan fingerprint density at radius 2 is 1.83 bits per heavy atom. The monoisotopic (exact) mass is 407 g/mol. The normalized spacial score (nSPS) is 20.4. The van der Waals surface area contributed by atoms with Crippen LogP contribution in [0, 0.1) is 5.92 Å². The van der Waals surface area contributed by atoms with E-state index in [0.29, 0.717) is 35.8 Å². The Bertz CT molecular complexity index is 1000. The Morgan fingerprint density at radius 1 is 1.13 bits per heavy atom. The number of carbonyl (C=O) groups excluding carboxylic acids is 3. The quantitative estimate of drug-likeness (QED) is 0.744. The average Bonchev–Trinajstić information content (AvgIpc) is 3.08. The van der Waals surface area contributed by atoms with E-state index in [-0.39, 0.29) is 30.4 Å². The van der Waals surface area contributed by atoms with E-state index < -0.39 is 11.6 Å². The lowest BCUT2D eigenvalue weighted by atomic mass is 9.94. The molecule has 2 aliphatic heterocycles. The summed E-state index contributed by atoms with van der Waals surface area (Å²) >= 11 is 0. The number of carbonyl (C=O) groups is 3. The van der Waals surface area contributed by atoms with Crippen molar-refractivity contribution in [3.05, 3.63) is 54.1 Å². The number of phenols is 1. The number of hydrogen-bond donors (Lipinski definition) is 2. The minimum atomic E-state index is -1.41. The summed E-state index contributed by atoms with van der Waals surface area (Å²) in [6.45, 7) is 4.49. The zero-order valence-corrected chi connectivity index (χ0v) is 17.1. The average molecular weight is 407 g/mol. The molecule has 2 aromatic carbocycles. The molecule has 2 N–H and O–H groups in total. The second-order valence-electron chi connectivity index (χ2n) is 8.20. The van der Waals surface area contributed by atoms with Crippen LogP contribution < -0.4 is 10.2 Å². The number of rotatable bonds is 5. The van der Waals surface area contributed by atoms with E-state index in [1.165, 1.54) is 17.0 Å². The molecule has 0 saturated carbocycles. The number of nitrogens with one attached hydrogen (secondary N) is 1. The number of amides is 3. The Kier molecular flexibility index (Phi) is 4.97. The first-order valence-corrected chi connectivity index (χ1v) is 10.2. The molecule has 2 aromatic rings. The van der Waals surface area contributed by atoms with Gasteiger partial charge in [0.25, 0.3) is 11.8 Å². The summed E-state index contributed by atoms with van der Waals surface area (Å²) in [7, 11) is 0. The van der Waals surface area contributed by atoms with Crippen molar-refractivity contribution in [2.24, 2.45) is 5.92 Å². The van der Waals surface area contributed by atoms with Crippen molar-refractivity contribution in [3.8, 4) is 5.75 Å². The summed E-state index contributed by atoms with van der Waals surface area (Å²) in [5.41, 5.74) is -0.00670. The van der Waals surface area contributed by atoms with Gasteiger partial charge < -0.3 is 15.3 Å². The van der Waals surface area contributed by atoms with E-state index in [1.54, 1.807) is 41.3 Å². The third-order valence-corrected chi connectivity index (χ3v) is 5.79. The lowest BCUT2D eigenvalue weighted by Gasteiger charge is -2.49. The summed E-state index contributed by atoms with van der Waals surface area (Å²) in [5.74, 6) is -0.420. The molecular weight excluding hydrogens is 382 g/mol. The summed E-state index contributed by atoms with van der Waals surface area (Å²) in [6.07, 6.45) is 1.13. The minimum Gasteiger partial charge on any atom is -0.508 e. The van der Waals surface area contributed by atoms with Crippen molar-refractivity contribution in [1.82, 2.24) is 4.90 Å². The molecule has 7 nitrogen and oxygen atoms in total.